The number of carbonyl (C=O) groups excluding carboxylic acids is 1. The first-order valence-electron chi connectivity index (χ1n) is 7.35. The van der Waals surface area contributed by atoms with Gasteiger partial charge < -0.3 is 0 Å². The highest BCUT2D eigenvalue weighted by atomic mass is 19.4. The van der Waals surface area contributed by atoms with E-state index in [0.717, 1.165) is 17.7 Å². The third kappa shape index (κ3) is 4.35. The van der Waals surface area contributed by atoms with Gasteiger partial charge in [-0.3, -0.25) is 9.63 Å². The van der Waals surface area contributed by atoms with Gasteiger partial charge >= 0.3 is 6.18 Å². The van der Waals surface area contributed by atoms with E-state index in [1.165, 1.54) is 12.1 Å². The molecule has 6 heteroatoms. The Morgan fingerprint density at radius 1 is 0.958 bits per heavy atom. The van der Waals surface area contributed by atoms with Gasteiger partial charge in [-0.15, -0.1) is 0 Å². The summed E-state index contributed by atoms with van der Waals surface area (Å²) in [5.74, 6) is -0.333. The predicted octanol–water partition coefficient (Wildman–Crippen LogP) is 4.23. The number of carbonyl (C=O) groups is 1. The SMILES string of the molecule is CC(C)(C(=O)NOCc1ccc(C(F)(F)F)cc1)c1ccccc1. The first-order chi connectivity index (χ1) is 11.2. The van der Waals surface area contributed by atoms with Gasteiger partial charge in [-0.1, -0.05) is 42.5 Å². The van der Waals surface area contributed by atoms with Gasteiger partial charge in [0.2, 0.25) is 0 Å². The van der Waals surface area contributed by atoms with Crippen LogP contribution in [0.3, 0.4) is 0 Å². The van der Waals surface area contributed by atoms with Crippen LogP contribution in [-0.2, 0) is 27.8 Å². The zero-order chi connectivity index (χ0) is 17.8. The fourth-order valence-corrected chi connectivity index (χ4v) is 2.09. The molecule has 2 aromatic rings. The zero-order valence-corrected chi connectivity index (χ0v) is 13.4. The van der Waals surface area contributed by atoms with Crippen LogP contribution in [0.2, 0.25) is 0 Å². The van der Waals surface area contributed by atoms with Gasteiger partial charge in [0, 0.05) is 0 Å². The number of hydrogen-bond acceptors (Lipinski definition) is 2. The quantitative estimate of drug-likeness (QED) is 0.829. The van der Waals surface area contributed by atoms with Crippen molar-refractivity contribution in [3.8, 4) is 0 Å². The maximum absolute atomic E-state index is 12.5. The molecule has 0 radical (unpaired) electrons. The lowest BCUT2D eigenvalue weighted by Crippen LogP contribution is -2.39. The van der Waals surface area contributed by atoms with Crippen molar-refractivity contribution >= 4 is 5.91 Å². The monoisotopic (exact) mass is 337 g/mol. The molecule has 0 aliphatic heterocycles. The van der Waals surface area contributed by atoms with Crippen LogP contribution in [0.4, 0.5) is 13.2 Å². The second-order valence-electron chi connectivity index (χ2n) is 5.91. The molecule has 128 valence electrons. The van der Waals surface area contributed by atoms with Crippen molar-refractivity contribution in [2.45, 2.75) is 32.0 Å². The fraction of sp³-hybridized carbons (Fsp3) is 0.278. The van der Waals surface area contributed by atoms with E-state index in [9.17, 15) is 18.0 Å². The van der Waals surface area contributed by atoms with Crippen molar-refractivity contribution in [1.29, 1.82) is 0 Å². The highest BCUT2D eigenvalue weighted by Gasteiger charge is 2.30. The summed E-state index contributed by atoms with van der Waals surface area (Å²) in [5.41, 5.74) is 2.20. The molecule has 0 bridgehead atoms. The molecule has 0 unspecified atom stereocenters. The van der Waals surface area contributed by atoms with Gasteiger partial charge in [0.05, 0.1) is 17.6 Å². The zero-order valence-electron chi connectivity index (χ0n) is 13.4. The Morgan fingerprint density at radius 2 is 1.54 bits per heavy atom. The Labute approximate surface area is 138 Å². The first-order valence-corrected chi connectivity index (χ1v) is 7.35. The van der Waals surface area contributed by atoms with Gasteiger partial charge in [-0.05, 0) is 37.1 Å². The van der Waals surface area contributed by atoms with E-state index >= 15 is 0 Å². The normalized spacial score (nSPS) is 12.0. The molecule has 0 aromatic heterocycles. The van der Waals surface area contributed by atoms with Gasteiger partial charge in [0.15, 0.2) is 0 Å². The summed E-state index contributed by atoms with van der Waals surface area (Å²) in [6.07, 6.45) is -4.37. The number of amides is 1. The maximum atomic E-state index is 12.5. The number of rotatable bonds is 5. The molecule has 24 heavy (non-hydrogen) atoms. The van der Waals surface area contributed by atoms with Crippen molar-refractivity contribution in [1.82, 2.24) is 5.48 Å². The Hall–Kier alpha value is -2.34. The standard InChI is InChI=1S/C18H18F3NO2/c1-17(2,14-6-4-3-5-7-14)16(23)22-24-12-13-8-10-15(11-9-13)18(19,20)21/h3-11H,12H2,1-2H3,(H,22,23). The van der Waals surface area contributed by atoms with E-state index in [1.54, 1.807) is 13.8 Å². The van der Waals surface area contributed by atoms with Crippen LogP contribution < -0.4 is 5.48 Å². The average Bonchev–Trinajstić information content (AvgIpc) is 2.55. The van der Waals surface area contributed by atoms with Gasteiger partial charge in [0.1, 0.15) is 0 Å². The molecule has 1 N–H and O–H groups in total. The van der Waals surface area contributed by atoms with Crippen molar-refractivity contribution in [2.24, 2.45) is 0 Å². The topological polar surface area (TPSA) is 38.3 Å². The van der Waals surface area contributed by atoms with Gasteiger partial charge in [-0.2, -0.15) is 13.2 Å². The summed E-state index contributed by atoms with van der Waals surface area (Å²) in [6.45, 7) is 3.51. The molecule has 3 nitrogen and oxygen atoms in total. The molecule has 1 amide bonds. The summed E-state index contributed by atoms with van der Waals surface area (Å²) < 4.78 is 37.4. The number of benzene rings is 2. The Morgan fingerprint density at radius 3 is 2.08 bits per heavy atom. The lowest BCUT2D eigenvalue weighted by Gasteiger charge is -2.23. The molecule has 0 heterocycles. The molecule has 0 saturated heterocycles. The number of nitrogens with one attached hydrogen (secondary N) is 1. The van der Waals surface area contributed by atoms with Crippen molar-refractivity contribution < 1.29 is 22.8 Å². The third-order valence-corrected chi connectivity index (χ3v) is 3.75. The minimum absolute atomic E-state index is 0.0191. The Bertz CT molecular complexity index is 680. The van der Waals surface area contributed by atoms with Crippen molar-refractivity contribution in [3.05, 3.63) is 71.3 Å². The molecule has 0 saturated carbocycles. The highest BCUT2D eigenvalue weighted by molar-refractivity contribution is 5.86. The van der Waals surface area contributed by atoms with Crippen molar-refractivity contribution in [3.63, 3.8) is 0 Å². The second kappa shape index (κ2) is 7.05. The third-order valence-electron chi connectivity index (χ3n) is 3.75. The van der Waals surface area contributed by atoms with Crippen LogP contribution in [0.25, 0.3) is 0 Å². The number of halogens is 3. The summed E-state index contributed by atoms with van der Waals surface area (Å²) in [5, 5.41) is 0. The molecule has 2 rings (SSSR count). The largest absolute Gasteiger partial charge is 0.416 e. The summed E-state index contributed by atoms with van der Waals surface area (Å²) in [7, 11) is 0. The molecule has 0 aliphatic carbocycles. The van der Waals surface area contributed by atoms with Gasteiger partial charge in [0.25, 0.3) is 5.91 Å². The minimum Gasteiger partial charge on any atom is -0.272 e. The summed E-state index contributed by atoms with van der Waals surface area (Å²) in [6, 6.07) is 13.8. The highest BCUT2D eigenvalue weighted by Crippen LogP contribution is 2.29. The maximum Gasteiger partial charge on any atom is 0.416 e. The summed E-state index contributed by atoms with van der Waals surface area (Å²) >= 11 is 0. The molecule has 0 fully saturated rings. The number of alkyl halides is 3. The summed E-state index contributed by atoms with van der Waals surface area (Å²) in [4.78, 5) is 17.4. The number of hydroxylamine groups is 1. The molecule has 0 atom stereocenters. The van der Waals surface area contributed by atoms with E-state index in [1.807, 2.05) is 30.3 Å². The van der Waals surface area contributed by atoms with E-state index in [2.05, 4.69) is 5.48 Å². The Kier molecular flexibility index (Phi) is 5.29. The molecule has 0 aliphatic rings. The first kappa shape index (κ1) is 18.0. The molecule has 2 aromatic carbocycles. The van der Waals surface area contributed by atoms with Crippen molar-refractivity contribution in [2.75, 3.05) is 0 Å². The van der Waals surface area contributed by atoms with Crippen LogP contribution in [0.15, 0.2) is 54.6 Å². The second-order valence-corrected chi connectivity index (χ2v) is 5.91. The average molecular weight is 337 g/mol. The minimum atomic E-state index is -4.37. The van der Waals surface area contributed by atoms with Crippen LogP contribution in [0.1, 0.15) is 30.5 Å². The van der Waals surface area contributed by atoms with E-state index in [4.69, 9.17) is 4.84 Å². The molecular weight excluding hydrogens is 319 g/mol. The van der Waals surface area contributed by atoms with E-state index in [0.29, 0.717) is 5.56 Å². The van der Waals surface area contributed by atoms with Gasteiger partial charge in [-0.25, -0.2) is 5.48 Å². The smallest absolute Gasteiger partial charge is 0.272 e. The van der Waals surface area contributed by atoms with Crippen LogP contribution in [-0.4, -0.2) is 5.91 Å². The molecule has 0 spiro atoms. The lowest BCUT2D eigenvalue weighted by atomic mass is 9.84. The Balaban J connectivity index is 1.91. The molecular formula is C18H18F3NO2. The number of hydrogen-bond donors (Lipinski definition) is 1. The fourth-order valence-electron chi connectivity index (χ4n) is 2.09. The predicted molar refractivity (Wildman–Crippen MR) is 83.8 cm³/mol. The van der Waals surface area contributed by atoms with Crippen LogP contribution >= 0.6 is 0 Å². The lowest BCUT2D eigenvalue weighted by molar-refractivity contribution is -0.139. The van der Waals surface area contributed by atoms with Crippen LogP contribution in [0.5, 0.6) is 0 Å². The van der Waals surface area contributed by atoms with Crippen LogP contribution in [0, 0.1) is 0 Å². The van der Waals surface area contributed by atoms with E-state index < -0.39 is 17.2 Å². The van der Waals surface area contributed by atoms with E-state index in [-0.39, 0.29) is 12.5 Å².